The first-order chi connectivity index (χ1) is 9.56. The normalized spacial score (nSPS) is 14.3. The van der Waals surface area contributed by atoms with Crippen molar-refractivity contribution in [2.75, 3.05) is 13.2 Å². The molecule has 0 amide bonds. The molecule has 0 aromatic heterocycles. The van der Waals surface area contributed by atoms with E-state index < -0.39 is 6.10 Å². The van der Waals surface area contributed by atoms with Gasteiger partial charge in [0.1, 0.15) is 18.5 Å². The predicted octanol–water partition coefficient (Wildman–Crippen LogP) is 3.01. The molecule has 3 nitrogen and oxygen atoms in total. The number of rotatable bonds is 9. The van der Waals surface area contributed by atoms with Crippen LogP contribution in [0.15, 0.2) is 24.3 Å². The van der Waals surface area contributed by atoms with Gasteiger partial charge in [-0.2, -0.15) is 0 Å². The lowest BCUT2D eigenvalue weighted by Crippen LogP contribution is -2.40. The molecule has 1 rings (SSSR count). The first-order valence-electron chi connectivity index (χ1n) is 7.70. The molecule has 1 aromatic carbocycles. The highest BCUT2D eigenvalue weighted by molar-refractivity contribution is 5.27. The van der Waals surface area contributed by atoms with Crippen molar-refractivity contribution in [2.24, 2.45) is 5.92 Å². The number of aryl methyl sites for hydroxylation is 1. The summed E-state index contributed by atoms with van der Waals surface area (Å²) in [6.07, 6.45) is 1.62. The molecule has 1 aromatic rings. The molecule has 3 heteroatoms. The molecule has 0 bridgehead atoms. The van der Waals surface area contributed by atoms with Crippen LogP contribution in [-0.2, 0) is 6.42 Å². The minimum absolute atomic E-state index is 0.326. The minimum Gasteiger partial charge on any atom is -0.491 e. The van der Waals surface area contributed by atoms with Crippen LogP contribution < -0.4 is 10.1 Å². The Bertz CT molecular complexity index is 362. The van der Waals surface area contributed by atoms with Gasteiger partial charge in [0.05, 0.1) is 0 Å². The van der Waals surface area contributed by atoms with Crippen molar-refractivity contribution in [1.82, 2.24) is 5.32 Å². The van der Waals surface area contributed by atoms with Gasteiger partial charge in [0.2, 0.25) is 0 Å². The molecule has 2 atom stereocenters. The largest absolute Gasteiger partial charge is 0.491 e. The molecule has 114 valence electrons. The molecule has 0 radical (unpaired) electrons. The van der Waals surface area contributed by atoms with Crippen LogP contribution in [-0.4, -0.2) is 30.4 Å². The number of aliphatic hydroxyl groups excluding tert-OH is 1. The highest BCUT2D eigenvalue weighted by atomic mass is 16.5. The summed E-state index contributed by atoms with van der Waals surface area (Å²) >= 11 is 0. The second-order valence-corrected chi connectivity index (χ2v) is 5.63. The van der Waals surface area contributed by atoms with E-state index >= 15 is 0 Å². The third-order valence-electron chi connectivity index (χ3n) is 3.63. The van der Waals surface area contributed by atoms with E-state index in [1.807, 2.05) is 12.1 Å². The van der Waals surface area contributed by atoms with Gasteiger partial charge in [-0.25, -0.2) is 0 Å². The lowest BCUT2D eigenvalue weighted by molar-refractivity contribution is 0.101. The van der Waals surface area contributed by atoms with Crippen LogP contribution in [0.3, 0.4) is 0 Å². The number of hydrogen-bond donors (Lipinski definition) is 2. The zero-order valence-electron chi connectivity index (χ0n) is 13.2. The quantitative estimate of drug-likeness (QED) is 0.730. The van der Waals surface area contributed by atoms with Crippen LogP contribution in [0.2, 0.25) is 0 Å². The first kappa shape index (κ1) is 17.0. The molecule has 0 saturated carbocycles. The van der Waals surface area contributed by atoms with Crippen molar-refractivity contribution in [2.45, 2.75) is 52.7 Å². The number of hydrogen-bond acceptors (Lipinski definition) is 3. The maximum atomic E-state index is 9.95. The predicted molar refractivity (Wildman–Crippen MR) is 84.2 cm³/mol. The summed E-state index contributed by atoms with van der Waals surface area (Å²) in [7, 11) is 0. The van der Waals surface area contributed by atoms with Gasteiger partial charge in [-0.1, -0.05) is 39.8 Å². The standard InChI is InChI=1S/C17H29NO2/c1-5-14-7-9-16(10-8-14)20-12-15(19)11-18-17(6-2)13(3)4/h7-10,13,15,17-19H,5-6,11-12H2,1-4H3. The third kappa shape index (κ3) is 5.93. The molecule has 0 aliphatic heterocycles. The van der Waals surface area contributed by atoms with Gasteiger partial charge in [0.15, 0.2) is 0 Å². The van der Waals surface area contributed by atoms with E-state index in [0.29, 0.717) is 25.1 Å². The molecule has 0 saturated heterocycles. The second-order valence-electron chi connectivity index (χ2n) is 5.63. The highest BCUT2D eigenvalue weighted by Gasteiger charge is 2.12. The lowest BCUT2D eigenvalue weighted by atomic mass is 10.0. The summed E-state index contributed by atoms with van der Waals surface area (Å²) in [5, 5.41) is 13.3. The summed E-state index contributed by atoms with van der Waals surface area (Å²) < 4.78 is 5.60. The van der Waals surface area contributed by atoms with E-state index in [4.69, 9.17) is 4.74 Å². The Morgan fingerprint density at radius 2 is 1.80 bits per heavy atom. The van der Waals surface area contributed by atoms with Crippen LogP contribution >= 0.6 is 0 Å². The molecule has 20 heavy (non-hydrogen) atoms. The highest BCUT2D eigenvalue weighted by Crippen LogP contribution is 2.12. The van der Waals surface area contributed by atoms with E-state index in [1.165, 1.54) is 5.56 Å². The average molecular weight is 279 g/mol. The fraction of sp³-hybridized carbons (Fsp3) is 0.647. The van der Waals surface area contributed by atoms with Gasteiger partial charge in [-0.15, -0.1) is 0 Å². The van der Waals surface area contributed by atoms with Gasteiger partial charge < -0.3 is 15.2 Å². The summed E-state index contributed by atoms with van der Waals surface area (Å²) in [6.45, 7) is 9.58. The molecule has 0 aliphatic carbocycles. The summed E-state index contributed by atoms with van der Waals surface area (Å²) in [4.78, 5) is 0. The fourth-order valence-electron chi connectivity index (χ4n) is 2.21. The molecular weight excluding hydrogens is 250 g/mol. The summed E-state index contributed by atoms with van der Waals surface area (Å²) in [5.74, 6) is 1.40. The van der Waals surface area contributed by atoms with Crippen molar-refractivity contribution in [3.8, 4) is 5.75 Å². The Labute approximate surface area is 123 Å². The van der Waals surface area contributed by atoms with Gasteiger partial charge in [0.25, 0.3) is 0 Å². The van der Waals surface area contributed by atoms with Crippen LogP contribution in [0, 0.1) is 5.92 Å². The van der Waals surface area contributed by atoms with E-state index in [2.05, 4.69) is 45.1 Å². The second kappa shape index (κ2) is 8.98. The smallest absolute Gasteiger partial charge is 0.119 e. The molecule has 2 unspecified atom stereocenters. The van der Waals surface area contributed by atoms with Crippen LogP contribution in [0.5, 0.6) is 5.75 Å². The Morgan fingerprint density at radius 3 is 2.30 bits per heavy atom. The first-order valence-corrected chi connectivity index (χ1v) is 7.70. The Morgan fingerprint density at radius 1 is 1.15 bits per heavy atom. The summed E-state index contributed by atoms with van der Waals surface area (Å²) in [6, 6.07) is 8.50. The zero-order valence-corrected chi connectivity index (χ0v) is 13.2. The van der Waals surface area contributed by atoms with Crippen LogP contribution in [0.25, 0.3) is 0 Å². The molecule has 2 N–H and O–H groups in total. The number of benzene rings is 1. The summed E-state index contributed by atoms with van der Waals surface area (Å²) in [5.41, 5.74) is 1.29. The van der Waals surface area contributed by atoms with Gasteiger partial charge in [-0.3, -0.25) is 0 Å². The van der Waals surface area contributed by atoms with Crippen molar-refractivity contribution in [3.05, 3.63) is 29.8 Å². The molecule has 0 spiro atoms. The number of aliphatic hydroxyl groups is 1. The van der Waals surface area contributed by atoms with Gasteiger partial charge in [-0.05, 0) is 36.5 Å². The molecule has 0 fully saturated rings. The molecule has 0 heterocycles. The fourth-order valence-corrected chi connectivity index (χ4v) is 2.21. The van der Waals surface area contributed by atoms with Crippen LogP contribution in [0.1, 0.15) is 39.7 Å². The van der Waals surface area contributed by atoms with Crippen molar-refractivity contribution in [1.29, 1.82) is 0 Å². The Kier molecular flexibility index (Phi) is 7.63. The van der Waals surface area contributed by atoms with Crippen molar-refractivity contribution >= 4 is 0 Å². The number of nitrogens with one attached hydrogen (secondary N) is 1. The van der Waals surface area contributed by atoms with Crippen molar-refractivity contribution in [3.63, 3.8) is 0 Å². The molecule has 0 aliphatic rings. The number of ether oxygens (including phenoxy) is 1. The zero-order chi connectivity index (χ0) is 15.0. The maximum Gasteiger partial charge on any atom is 0.119 e. The van der Waals surface area contributed by atoms with Crippen LogP contribution in [0.4, 0.5) is 0 Å². The average Bonchev–Trinajstić information content (AvgIpc) is 2.46. The third-order valence-corrected chi connectivity index (χ3v) is 3.63. The minimum atomic E-state index is -0.478. The Hall–Kier alpha value is -1.06. The van der Waals surface area contributed by atoms with Gasteiger partial charge in [0, 0.05) is 12.6 Å². The lowest BCUT2D eigenvalue weighted by Gasteiger charge is -2.22. The van der Waals surface area contributed by atoms with E-state index in [-0.39, 0.29) is 0 Å². The van der Waals surface area contributed by atoms with E-state index in [1.54, 1.807) is 0 Å². The van der Waals surface area contributed by atoms with E-state index in [0.717, 1.165) is 18.6 Å². The monoisotopic (exact) mass is 279 g/mol. The van der Waals surface area contributed by atoms with Gasteiger partial charge >= 0.3 is 0 Å². The topological polar surface area (TPSA) is 41.5 Å². The van der Waals surface area contributed by atoms with Crippen molar-refractivity contribution < 1.29 is 9.84 Å². The maximum absolute atomic E-state index is 9.95. The Balaban J connectivity index is 2.29. The van der Waals surface area contributed by atoms with E-state index in [9.17, 15) is 5.11 Å². The SMILES string of the molecule is CCc1ccc(OCC(O)CNC(CC)C(C)C)cc1. The molecular formula is C17H29NO2.